The monoisotopic (exact) mass is 198 g/mol. The summed E-state index contributed by atoms with van der Waals surface area (Å²) in [6.45, 7) is 2.50. The summed E-state index contributed by atoms with van der Waals surface area (Å²) in [5.74, 6) is 0. The molecule has 0 aromatic rings. The molecular formula is C4H9CuNZn. The van der Waals surface area contributed by atoms with Crippen LogP contribution in [-0.2, 0) is 36.5 Å². The van der Waals surface area contributed by atoms with Gasteiger partial charge in [-0.3, -0.25) is 0 Å². The molecule has 0 amide bonds. The van der Waals surface area contributed by atoms with E-state index in [1.807, 2.05) is 0 Å². The van der Waals surface area contributed by atoms with Crippen LogP contribution in [0.3, 0.4) is 0 Å². The van der Waals surface area contributed by atoms with Crippen LogP contribution < -0.4 is 5.32 Å². The van der Waals surface area contributed by atoms with E-state index in [2.05, 4.69) is 5.32 Å². The van der Waals surface area contributed by atoms with Crippen molar-refractivity contribution in [3.8, 4) is 0 Å². The molecule has 1 fully saturated rings. The molecule has 1 heterocycles. The van der Waals surface area contributed by atoms with E-state index in [1.54, 1.807) is 0 Å². The number of hydrogen-bond donors (Lipinski definition) is 1. The summed E-state index contributed by atoms with van der Waals surface area (Å²) >= 11 is 0. The summed E-state index contributed by atoms with van der Waals surface area (Å²) in [6, 6.07) is 0. The van der Waals surface area contributed by atoms with E-state index < -0.39 is 0 Å². The van der Waals surface area contributed by atoms with Crippen LogP contribution in [0.1, 0.15) is 12.8 Å². The normalized spacial score (nSPS) is 17.1. The average Bonchev–Trinajstić information content (AvgIpc) is 1.76. The van der Waals surface area contributed by atoms with Gasteiger partial charge in [0.15, 0.2) is 0 Å². The van der Waals surface area contributed by atoms with Crippen molar-refractivity contribution in [3.05, 3.63) is 0 Å². The van der Waals surface area contributed by atoms with E-state index in [1.165, 1.54) is 25.9 Å². The van der Waals surface area contributed by atoms with Crippen molar-refractivity contribution in [1.29, 1.82) is 0 Å². The molecule has 0 spiro atoms. The van der Waals surface area contributed by atoms with Gasteiger partial charge >= 0.3 is 0 Å². The largest absolute Gasteiger partial charge is 0.317 e. The molecule has 0 atom stereocenters. The second kappa shape index (κ2) is 7.10. The third-order valence-corrected chi connectivity index (χ3v) is 0.957. The van der Waals surface area contributed by atoms with Gasteiger partial charge < -0.3 is 5.32 Å². The van der Waals surface area contributed by atoms with E-state index in [9.17, 15) is 0 Å². The Hall–Kier alpha value is 1.10. The third-order valence-electron chi connectivity index (χ3n) is 0.957. The Morgan fingerprint density at radius 2 is 1.43 bits per heavy atom. The summed E-state index contributed by atoms with van der Waals surface area (Å²) in [6.07, 6.45) is 2.78. The van der Waals surface area contributed by atoms with E-state index in [-0.39, 0.29) is 36.5 Å². The first-order chi connectivity index (χ1) is 2.50. The van der Waals surface area contributed by atoms with Gasteiger partial charge in [0.05, 0.1) is 0 Å². The van der Waals surface area contributed by atoms with Gasteiger partial charge in [0, 0.05) is 36.5 Å². The average molecular weight is 200 g/mol. The SMILES string of the molecule is C1CCNC1.[Cu].[Zn]. The van der Waals surface area contributed by atoms with Crippen LogP contribution >= 0.6 is 0 Å². The van der Waals surface area contributed by atoms with Gasteiger partial charge in [0.25, 0.3) is 0 Å². The van der Waals surface area contributed by atoms with E-state index in [0.717, 1.165) is 0 Å². The van der Waals surface area contributed by atoms with Crippen molar-refractivity contribution >= 4 is 0 Å². The fourth-order valence-corrected chi connectivity index (χ4v) is 0.625. The van der Waals surface area contributed by atoms with Crippen molar-refractivity contribution in [2.45, 2.75) is 12.8 Å². The molecule has 0 bridgehead atoms. The molecule has 1 N–H and O–H groups in total. The summed E-state index contributed by atoms with van der Waals surface area (Å²) in [7, 11) is 0. The molecule has 1 radical (unpaired) electrons. The number of hydrogen-bond acceptors (Lipinski definition) is 1. The van der Waals surface area contributed by atoms with Crippen LogP contribution in [0.15, 0.2) is 0 Å². The Morgan fingerprint density at radius 1 is 1.00 bits per heavy atom. The van der Waals surface area contributed by atoms with E-state index >= 15 is 0 Å². The first-order valence-electron chi connectivity index (χ1n) is 2.21. The van der Waals surface area contributed by atoms with Crippen molar-refractivity contribution in [2.75, 3.05) is 13.1 Å². The molecule has 0 aromatic heterocycles. The maximum Gasteiger partial charge on any atom is 0 e. The number of rotatable bonds is 0. The Labute approximate surface area is 67.9 Å². The first kappa shape index (κ1) is 11.0. The Morgan fingerprint density at radius 3 is 1.57 bits per heavy atom. The predicted octanol–water partition coefficient (Wildman–Crippen LogP) is 0.365. The van der Waals surface area contributed by atoms with Crippen molar-refractivity contribution in [1.82, 2.24) is 5.32 Å². The fourth-order valence-electron chi connectivity index (χ4n) is 0.625. The Balaban J connectivity index is 0. The molecule has 1 rings (SSSR count). The summed E-state index contributed by atoms with van der Waals surface area (Å²) < 4.78 is 0. The smallest absolute Gasteiger partial charge is 0 e. The molecule has 1 saturated heterocycles. The molecule has 0 unspecified atom stereocenters. The van der Waals surface area contributed by atoms with Crippen molar-refractivity contribution in [3.63, 3.8) is 0 Å². The standard InChI is InChI=1S/C4H9N.Cu.Zn/c1-2-4-5-3-1;;/h5H,1-4H2;;. The first-order valence-corrected chi connectivity index (χ1v) is 2.21. The molecule has 0 aromatic carbocycles. The predicted molar refractivity (Wildman–Crippen MR) is 22.1 cm³/mol. The Bertz CT molecular complexity index is 23.3. The summed E-state index contributed by atoms with van der Waals surface area (Å²) in [4.78, 5) is 0. The zero-order valence-corrected chi connectivity index (χ0v) is 8.25. The zero-order chi connectivity index (χ0) is 3.54. The fraction of sp³-hybridized carbons (Fsp3) is 1.00. The Kier molecular flexibility index (Phi) is 11.1. The molecule has 43 valence electrons. The third kappa shape index (κ3) is 4.97. The molecule has 1 aliphatic rings. The molecule has 7 heavy (non-hydrogen) atoms. The molecule has 0 aliphatic carbocycles. The van der Waals surface area contributed by atoms with Crippen LogP contribution in [-0.4, -0.2) is 13.1 Å². The van der Waals surface area contributed by atoms with Gasteiger partial charge in [-0.2, -0.15) is 0 Å². The topological polar surface area (TPSA) is 12.0 Å². The summed E-state index contributed by atoms with van der Waals surface area (Å²) in [5.41, 5.74) is 0. The van der Waals surface area contributed by atoms with Crippen molar-refractivity contribution < 1.29 is 36.5 Å². The van der Waals surface area contributed by atoms with Gasteiger partial charge in [0.1, 0.15) is 0 Å². The van der Waals surface area contributed by atoms with Gasteiger partial charge in [-0.15, -0.1) is 0 Å². The van der Waals surface area contributed by atoms with Crippen LogP contribution in [0, 0.1) is 0 Å². The van der Waals surface area contributed by atoms with Crippen LogP contribution in [0.2, 0.25) is 0 Å². The quantitative estimate of drug-likeness (QED) is 0.557. The molecule has 1 aliphatic heterocycles. The maximum absolute atomic E-state index is 3.22. The van der Waals surface area contributed by atoms with Crippen molar-refractivity contribution in [2.24, 2.45) is 0 Å². The minimum absolute atomic E-state index is 0. The second-order valence-electron chi connectivity index (χ2n) is 1.46. The van der Waals surface area contributed by atoms with Gasteiger partial charge in [0.2, 0.25) is 0 Å². The van der Waals surface area contributed by atoms with Crippen LogP contribution in [0.25, 0.3) is 0 Å². The minimum Gasteiger partial charge on any atom is -0.317 e. The summed E-state index contributed by atoms with van der Waals surface area (Å²) in [5, 5.41) is 3.22. The molecular weight excluding hydrogens is 191 g/mol. The van der Waals surface area contributed by atoms with E-state index in [0.29, 0.717) is 0 Å². The van der Waals surface area contributed by atoms with Gasteiger partial charge in [-0.1, -0.05) is 0 Å². The second-order valence-corrected chi connectivity index (χ2v) is 1.46. The van der Waals surface area contributed by atoms with Gasteiger partial charge in [-0.25, -0.2) is 0 Å². The van der Waals surface area contributed by atoms with Crippen LogP contribution in [0.4, 0.5) is 0 Å². The maximum atomic E-state index is 3.22. The number of nitrogens with one attached hydrogen (secondary N) is 1. The van der Waals surface area contributed by atoms with E-state index in [4.69, 9.17) is 0 Å². The molecule has 0 saturated carbocycles. The minimum atomic E-state index is 0. The molecule has 3 heteroatoms. The van der Waals surface area contributed by atoms with Crippen LogP contribution in [0.5, 0.6) is 0 Å². The molecule has 1 nitrogen and oxygen atoms in total. The van der Waals surface area contributed by atoms with Gasteiger partial charge in [-0.05, 0) is 25.9 Å². The zero-order valence-electron chi connectivity index (χ0n) is 4.34.